The number of nitro benzene ring substituents is 1. The molecule has 0 bridgehead atoms. The van der Waals surface area contributed by atoms with Crippen LogP contribution in [0.15, 0.2) is 46.9 Å². The molecule has 0 fully saturated rings. The highest BCUT2D eigenvalue weighted by Crippen LogP contribution is 2.26. The van der Waals surface area contributed by atoms with Crippen LogP contribution in [0.5, 0.6) is 0 Å². The number of amides is 1. The minimum Gasteiger partial charge on any atom is -0.321 e. The maximum atomic E-state index is 12.2. The van der Waals surface area contributed by atoms with Gasteiger partial charge in [-0.25, -0.2) is 0 Å². The fourth-order valence-electron chi connectivity index (χ4n) is 1.79. The fraction of sp³-hybridized carbons (Fsp3) is 0.0714. The van der Waals surface area contributed by atoms with Gasteiger partial charge in [-0.2, -0.15) is 0 Å². The SMILES string of the molecule is Cc1c(NC(=O)c2ccccc2Br)cccc1[N+](=O)[O-]. The Kier molecular flexibility index (Phi) is 4.14. The van der Waals surface area contributed by atoms with Crippen LogP contribution in [0.4, 0.5) is 11.4 Å². The number of hydrogen-bond donors (Lipinski definition) is 1. The second-order valence-corrected chi connectivity index (χ2v) is 5.00. The van der Waals surface area contributed by atoms with Crippen LogP contribution >= 0.6 is 15.9 Å². The van der Waals surface area contributed by atoms with Gasteiger partial charge in [0.25, 0.3) is 11.6 Å². The number of carbonyl (C=O) groups is 1. The Morgan fingerprint density at radius 1 is 1.20 bits per heavy atom. The molecule has 2 aromatic carbocycles. The number of hydrogen-bond acceptors (Lipinski definition) is 3. The zero-order valence-electron chi connectivity index (χ0n) is 10.6. The molecule has 0 aliphatic heterocycles. The number of nitrogens with zero attached hydrogens (tertiary/aromatic N) is 1. The molecule has 5 nitrogen and oxygen atoms in total. The van der Waals surface area contributed by atoms with Gasteiger partial charge in [0, 0.05) is 10.5 Å². The Morgan fingerprint density at radius 3 is 2.55 bits per heavy atom. The summed E-state index contributed by atoms with van der Waals surface area (Å²) in [6, 6.07) is 11.6. The topological polar surface area (TPSA) is 72.2 Å². The van der Waals surface area contributed by atoms with Crippen molar-refractivity contribution >= 4 is 33.2 Å². The van der Waals surface area contributed by atoms with E-state index in [1.165, 1.54) is 6.07 Å². The number of nitro groups is 1. The summed E-state index contributed by atoms with van der Waals surface area (Å²) < 4.78 is 0.667. The van der Waals surface area contributed by atoms with E-state index in [0.29, 0.717) is 21.3 Å². The zero-order chi connectivity index (χ0) is 14.7. The van der Waals surface area contributed by atoms with Gasteiger partial charge in [0.1, 0.15) is 0 Å². The number of anilines is 1. The molecule has 0 aliphatic rings. The van der Waals surface area contributed by atoms with E-state index < -0.39 is 4.92 Å². The summed E-state index contributed by atoms with van der Waals surface area (Å²) in [6.45, 7) is 1.60. The van der Waals surface area contributed by atoms with Crippen LogP contribution in [0.1, 0.15) is 15.9 Å². The Balaban J connectivity index is 2.32. The van der Waals surface area contributed by atoms with Crippen molar-refractivity contribution in [1.29, 1.82) is 0 Å². The van der Waals surface area contributed by atoms with E-state index in [1.54, 1.807) is 43.3 Å². The van der Waals surface area contributed by atoms with Crippen LogP contribution in [-0.4, -0.2) is 10.8 Å². The molecule has 2 aromatic rings. The summed E-state index contributed by atoms with van der Waals surface area (Å²) >= 11 is 3.30. The van der Waals surface area contributed by atoms with E-state index in [1.807, 2.05) is 0 Å². The molecule has 1 amide bonds. The molecule has 102 valence electrons. The minimum absolute atomic E-state index is 0.0186. The summed E-state index contributed by atoms with van der Waals surface area (Å²) in [4.78, 5) is 22.6. The molecular formula is C14H11BrN2O3. The largest absolute Gasteiger partial charge is 0.321 e. The first-order valence-electron chi connectivity index (χ1n) is 5.80. The van der Waals surface area contributed by atoms with E-state index >= 15 is 0 Å². The molecule has 2 rings (SSSR count). The van der Waals surface area contributed by atoms with Gasteiger partial charge in [-0.05, 0) is 41.1 Å². The second-order valence-electron chi connectivity index (χ2n) is 4.14. The third kappa shape index (κ3) is 2.85. The predicted molar refractivity (Wildman–Crippen MR) is 79.9 cm³/mol. The molecule has 0 radical (unpaired) electrons. The Bertz CT molecular complexity index is 686. The fourth-order valence-corrected chi connectivity index (χ4v) is 2.26. The lowest BCUT2D eigenvalue weighted by molar-refractivity contribution is -0.385. The van der Waals surface area contributed by atoms with Gasteiger partial charge in [-0.3, -0.25) is 14.9 Å². The summed E-state index contributed by atoms with van der Waals surface area (Å²) in [5.74, 6) is -0.318. The first kappa shape index (κ1) is 14.2. The van der Waals surface area contributed by atoms with Crippen molar-refractivity contribution in [3.05, 3.63) is 68.2 Å². The molecule has 0 atom stereocenters. The second kappa shape index (κ2) is 5.83. The van der Waals surface area contributed by atoms with Gasteiger partial charge in [-0.1, -0.05) is 18.2 Å². The van der Waals surface area contributed by atoms with Crippen LogP contribution < -0.4 is 5.32 Å². The molecule has 20 heavy (non-hydrogen) atoms. The predicted octanol–water partition coefficient (Wildman–Crippen LogP) is 3.92. The average molecular weight is 335 g/mol. The molecule has 0 spiro atoms. The normalized spacial score (nSPS) is 10.1. The van der Waals surface area contributed by atoms with Crippen LogP contribution in [0.3, 0.4) is 0 Å². The highest BCUT2D eigenvalue weighted by molar-refractivity contribution is 9.10. The molecule has 0 saturated heterocycles. The lowest BCUT2D eigenvalue weighted by Crippen LogP contribution is -2.13. The maximum Gasteiger partial charge on any atom is 0.274 e. The number of carbonyl (C=O) groups excluding carboxylic acids is 1. The Morgan fingerprint density at radius 2 is 1.90 bits per heavy atom. The molecule has 0 aromatic heterocycles. The minimum atomic E-state index is -0.469. The summed E-state index contributed by atoms with van der Waals surface area (Å²) in [5, 5.41) is 13.6. The van der Waals surface area contributed by atoms with Gasteiger partial charge in [0.05, 0.1) is 21.7 Å². The number of halogens is 1. The number of rotatable bonds is 3. The van der Waals surface area contributed by atoms with Crippen molar-refractivity contribution in [3.8, 4) is 0 Å². The van der Waals surface area contributed by atoms with Crippen molar-refractivity contribution in [2.45, 2.75) is 6.92 Å². The van der Waals surface area contributed by atoms with Crippen LogP contribution in [0, 0.1) is 17.0 Å². The van der Waals surface area contributed by atoms with Crippen molar-refractivity contribution in [2.24, 2.45) is 0 Å². The highest BCUT2D eigenvalue weighted by Gasteiger charge is 2.16. The number of benzene rings is 2. The van der Waals surface area contributed by atoms with Crippen LogP contribution in [-0.2, 0) is 0 Å². The van der Waals surface area contributed by atoms with Crippen LogP contribution in [0.2, 0.25) is 0 Å². The molecule has 0 saturated carbocycles. The highest BCUT2D eigenvalue weighted by atomic mass is 79.9. The average Bonchev–Trinajstić information content (AvgIpc) is 2.41. The van der Waals surface area contributed by atoms with E-state index in [-0.39, 0.29) is 11.6 Å². The van der Waals surface area contributed by atoms with Crippen molar-refractivity contribution in [3.63, 3.8) is 0 Å². The van der Waals surface area contributed by atoms with E-state index in [2.05, 4.69) is 21.2 Å². The van der Waals surface area contributed by atoms with Gasteiger partial charge in [-0.15, -0.1) is 0 Å². The van der Waals surface area contributed by atoms with Gasteiger partial charge >= 0.3 is 0 Å². The first-order valence-corrected chi connectivity index (χ1v) is 6.60. The smallest absolute Gasteiger partial charge is 0.274 e. The zero-order valence-corrected chi connectivity index (χ0v) is 12.2. The maximum absolute atomic E-state index is 12.2. The van der Waals surface area contributed by atoms with Gasteiger partial charge < -0.3 is 5.32 Å². The van der Waals surface area contributed by atoms with E-state index in [9.17, 15) is 14.9 Å². The standard InChI is InChI=1S/C14H11BrN2O3/c1-9-12(7-4-8-13(9)17(19)20)16-14(18)10-5-2-3-6-11(10)15/h2-8H,1H3,(H,16,18). The molecule has 1 N–H and O–H groups in total. The molecule has 6 heteroatoms. The monoisotopic (exact) mass is 334 g/mol. The number of nitrogens with one attached hydrogen (secondary N) is 1. The quantitative estimate of drug-likeness (QED) is 0.683. The van der Waals surface area contributed by atoms with E-state index in [0.717, 1.165) is 0 Å². The van der Waals surface area contributed by atoms with Gasteiger partial charge in [0.2, 0.25) is 0 Å². The Hall–Kier alpha value is -2.21. The van der Waals surface area contributed by atoms with Crippen molar-refractivity contribution < 1.29 is 9.72 Å². The third-order valence-corrected chi connectivity index (χ3v) is 3.56. The van der Waals surface area contributed by atoms with Gasteiger partial charge in [0.15, 0.2) is 0 Å². The summed E-state index contributed by atoms with van der Waals surface area (Å²) in [6.07, 6.45) is 0. The van der Waals surface area contributed by atoms with E-state index in [4.69, 9.17) is 0 Å². The molecular weight excluding hydrogens is 324 g/mol. The molecule has 0 unspecified atom stereocenters. The third-order valence-electron chi connectivity index (χ3n) is 2.87. The molecule has 0 aliphatic carbocycles. The lowest BCUT2D eigenvalue weighted by Gasteiger charge is -2.09. The lowest BCUT2D eigenvalue weighted by atomic mass is 10.1. The Labute approximate surface area is 123 Å². The summed E-state index contributed by atoms with van der Waals surface area (Å²) in [5.41, 5.74) is 1.31. The first-order chi connectivity index (χ1) is 9.50. The summed E-state index contributed by atoms with van der Waals surface area (Å²) in [7, 11) is 0. The molecule has 0 heterocycles. The van der Waals surface area contributed by atoms with Crippen molar-refractivity contribution in [1.82, 2.24) is 0 Å². The van der Waals surface area contributed by atoms with Crippen LogP contribution in [0.25, 0.3) is 0 Å². The van der Waals surface area contributed by atoms with Crippen molar-refractivity contribution in [2.75, 3.05) is 5.32 Å².